The molecule has 1 saturated heterocycles. The summed E-state index contributed by atoms with van der Waals surface area (Å²) in [6, 6.07) is 9.07. The maximum absolute atomic E-state index is 15.7. The average molecular weight is 715 g/mol. The van der Waals surface area contributed by atoms with Crippen LogP contribution in [0, 0.1) is 24.0 Å². The number of pyridine rings is 1. The van der Waals surface area contributed by atoms with Crippen LogP contribution in [0.15, 0.2) is 42.5 Å². The fourth-order valence-electron chi connectivity index (χ4n) is 5.42. The summed E-state index contributed by atoms with van der Waals surface area (Å²) < 4.78 is 111. The molecule has 4 rings (SSSR count). The van der Waals surface area contributed by atoms with Crippen molar-refractivity contribution in [3.63, 3.8) is 0 Å². The topological polar surface area (TPSA) is 115 Å². The molecule has 0 aliphatic carbocycles. The molecular weight excluding hydrogens is 675 g/mol. The normalized spacial score (nSPS) is 15.9. The number of anilines is 1. The van der Waals surface area contributed by atoms with Gasteiger partial charge in [-0.2, -0.15) is 21.6 Å². The summed E-state index contributed by atoms with van der Waals surface area (Å²) in [5.74, 6) is -4.04. The number of benzene rings is 2. The molecule has 3 aromatic rings. The van der Waals surface area contributed by atoms with Crippen molar-refractivity contribution in [1.29, 1.82) is 0 Å². The van der Waals surface area contributed by atoms with Crippen molar-refractivity contribution in [2.24, 2.45) is 5.41 Å². The smallest absolute Gasteiger partial charge is 0.490 e. The molecule has 9 nitrogen and oxygen atoms in total. The molecule has 0 radical (unpaired) electrons. The molecule has 2 heterocycles. The van der Waals surface area contributed by atoms with E-state index in [1.807, 2.05) is 13.8 Å². The number of carboxylic acids is 1. The van der Waals surface area contributed by atoms with Crippen LogP contribution < -0.4 is 13.8 Å². The second-order valence-corrected chi connectivity index (χ2v) is 15.1. The van der Waals surface area contributed by atoms with Crippen LogP contribution in [0.2, 0.25) is 0 Å². The van der Waals surface area contributed by atoms with E-state index in [-0.39, 0.29) is 58.9 Å². The first-order valence-electron chi connectivity index (χ1n) is 15.5. The highest BCUT2D eigenvalue weighted by atomic mass is 32.2. The Morgan fingerprint density at radius 3 is 2.18 bits per heavy atom. The number of piperidine rings is 1. The monoisotopic (exact) mass is 714 g/mol. The molecule has 0 spiro atoms. The fraction of sp³-hybridized carbons (Fsp3) is 0.471. The zero-order valence-corrected chi connectivity index (χ0v) is 28.8. The number of halogens is 5. The van der Waals surface area contributed by atoms with Crippen molar-refractivity contribution in [2.75, 3.05) is 24.6 Å². The highest BCUT2D eigenvalue weighted by molar-refractivity contribution is 7.88. The van der Waals surface area contributed by atoms with Gasteiger partial charge in [-0.05, 0) is 81.3 Å². The van der Waals surface area contributed by atoms with E-state index in [4.69, 9.17) is 9.47 Å². The largest absolute Gasteiger partial charge is 0.534 e. The number of ether oxygens (including phenoxy) is 2. The van der Waals surface area contributed by atoms with E-state index >= 15 is 4.39 Å². The SMILES string of the molecule is Cc1nc(OS(=O)(=O)C(F)(F)F)c(-c2ccc(OCCc3ccc(F)cc3)c(F)c2)c(N2CCC(C)(C)CC2)c1C(OC(C)(C)C)C(=O)O. The minimum Gasteiger partial charge on any atom is -0.490 e. The summed E-state index contributed by atoms with van der Waals surface area (Å²) in [5.41, 5.74) is -6.99. The van der Waals surface area contributed by atoms with Gasteiger partial charge in [-0.1, -0.05) is 32.0 Å². The van der Waals surface area contributed by atoms with Crippen LogP contribution in [0.1, 0.15) is 70.4 Å². The van der Waals surface area contributed by atoms with Crippen LogP contribution in [-0.2, 0) is 26.1 Å². The number of carbonyl (C=O) groups is 1. The second kappa shape index (κ2) is 14.1. The Labute approximate surface area is 282 Å². The minimum absolute atomic E-state index is 0.00333. The molecule has 1 atom stereocenters. The van der Waals surface area contributed by atoms with Crippen LogP contribution >= 0.6 is 0 Å². The second-order valence-electron chi connectivity index (χ2n) is 13.6. The highest BCUT2D eigenvalue weighted by Crippen LogP contribution is 2.48. The molecule has 0 bridgehead atoms. The summed E-state index contributed by atoms with van der Waals surface area (Å²) in [6.07, 6.45) is -0.238. The Kier molecular flexibility index (Phi) is 10.9. The molecule has 1 aliphatic rings. The molecule has 2 aromatic carbocycles. The van der Waals surface area contributed by atoms with E-state index < -0.39 is 50.8 Å². The predicted molar refractivity (Wildman–Crippen MR) is 172 cm³/mol. The summed E-state index contributed by atoms with van der Waals surface area (Å²) >= 11 is 0. The van der Waals surface area contributed by atoms with Gasteiger partial charge in [0.25, 0.3) is 0 Å². The van der Waals surface area contributed by atoms with Gasteiger partial charge in [-0.15, -0.1) is 0 Å². The third-order valence-corrected chi connectivity index (χ3v) is 8.95. The molecule has 1 aromatic heterocycles. The third kappa shape index (κ3) is 9.18. The number of aryl methyl sites for hydroxylation is 1. The van der Waals surface area contributed by atoms with E-state index in [0.717, 1.165) is 11.6 Å². The lowest BCUT2D eigenvalue weighted by molar-refractivity contribution is -0.160. The number of carboxylic acid groups (broad SMARTS) is 1. The number of nitrogens with zero attached hydrogens (tertiary/aromatic N) is 2. The number of hydrogen-bond acceptors (Lipinski definition) is 8. The van der Waals surface area contributed by atoms with Gasteiger partial charge >= 0.3 is 21.6 Å². The molecular formula is C34H39F5N2O7S. The Morgan fingerprint density at radius 1 is 1.04 bits per heavy atom. The molecule has 15 heteroatoms. The van der Waals surface area contributed by atoms with E-state index in [9.17, 15) is 35.9 Å². The van der Waals surface area contributed by atoms with E-state index in [1.54, 1.807) is 37.8 Å². The molecule has 1 N–H and O–H groups in total. The Bertz CT molecular complexity index is 1780. The first-order valence-corrected chi connectivity index (χ1v) is 16.9. The third-order valence-electron chi connectivity index (χ3n) is 8.01. The first-order chi connectivity index (χ1) is 22.6. The first kappa shape index (κ1) is 37.8. The lowest BCUT2D eigenvalue weighted by Crippen LogP contribution is -2.39. The van der Waals surface area contributed by atoms with Gasteiger partial charge in [0, 0.05) is 30.8 Å². The van der Waals surface area contributed by atoms with Gasteiger partial charge < -0.3 is 23.7 Å². The number of alkyl halides is 3. The zero-order valence-electron chi connectivity index (χ0n) is 28.0. The molecule has 49 heavy (non-hydrogen) atoms. The molecule has 1 fully saturated rings. The minimum atomic E-state index is -6.27. The van der Waals surface area contributed by atoms with Gasteiger partial charge in [0.15, 0.2) is 17.7 Å². The van der Waals surface area contributed by atoms with Crippen molar-refractivity contribution < 1.29 is 53.9 Å². The zero-order chi connectivity index (χ0) is 36.5. The van der Waals surface area contributed by atoms with Crippen molar-refractivity contribution in [1.82, 2.24) is 4.98 Å². The Morgan fingerprint density at radius 2 is 1.65 bits per heavy atom. The number of aliphatic carboxylic acids is 1. The average Bonchev–Trinajstić information content (AvgIpc) is 2.96. The van der Waals surface area contributed by atoms with Gasteiger partial charge in [-0.25, -0.2) is 18.6 Å². The molecule has 0 saturated carbocycles. The standard InChI is InChI=1S/C34H39F5N2O7S/c1-20-26(29(31(42)43)47-32(2,3)4)28(41-16-14-33(5,6)15-17-41)27(30(40-20)48-49(44,45)34(37,38)39)22-9-12-25(24(36)19-22)46-18-13-21-7-10-23(35)11-8-21/h7-12,19,29H,13-18H2,1-6H3,(H,42,43). The number of rotatable bonds is 11. The van der Waals surface area contributed by atoms with Crippen LogP contribution in [0.3, 0.4) is 0 Å². The molecule has 1 unspecified atom stereocenters. The quantitative estimate of drug-likeness (QED) is 0.121. The summed E-state index contributed by atoms with van der Waals surface area (Å²) in [7, 11) is -6.27. The summed E-state index contributed by atoms with van der Waals surface area (Å²) in [5, 5.41) is 10.4. The predicted octanol–water partition coefficient (Wildman–Crippen LogP) is 7.75. The van der Waals surface area contributed by atoms with Crippen molar-refractivity contribution in [3.05, 3.63) is 70.9 Å². The van der Waals surface area contributed by atoms with Crippen molar-refractivity contribution in [2.45, 2.75) is 78.0 Å². The Balaban J connectivity index is 1.93. The van der Waals surface area contributed by atoms with Crippen LogP contribution in [0.4, 0.5) is 27.6 Å². The van der Waals surface area contributed by atoms with Crippen molar-refractivity contribution >= 4 is 21.8 Å². The summed E-state index contributed by atoms with van der Waals surface area (Å²) in [6.45, 7) is 10.8. The van der Waals surface area contributed by atoms with Gasteiger partial charge in [0.1, 0.15) is 5.82 Å². The van der Waals surface area contributed by atoms with Gasteiger partial charge in [-0.3, -0.25) is 0 Å². The van der Waals surface area contributed by atoms with Crippen molar-refractivity contribution in [3.8, 4) is 22.8 Å². The summed E-state index contributed by atoms with van der Waals surface area (Å²) in [4.78, 5) is 18.5. The van der Waals surface area contributed by atoms with E-state index in [1.165, 1.54) is 31.2 Å². The van der Waals surface area contributed by atoms with Gasteiger partial charge in [0.2, 0.25) is 5.88 Å². The highest BCUT2D eigenvalue weighted by Gasteiger charge is 2.50. The fourth-order valence-corrected chi connectivity index (χ4v) is 5.84. The van der Waals surface area contributed by atoms with Crippen LogP contribution in [-0.4, -0.2) is 55.3 Å². The van der Waals surface area contributed by atoms with Gasteiger partial charge in [0.05, 0.1) is 23.5 Å². The van der Waals surface area contributed by atoms with Crippen LogP contribution in [0.5, 0.6) is 11.6 Å². The number of hydrogen-bond donors (Lipinski definition) is 1. The maximum Gasteiger partial charge on any atom is 0.534 e. The maximum atomic E-state index is 15.7. The van der Waals surface area contributed by atoms with Crippen LogP contribution in [0.25, 0.3) is 11.1 Å². The molecule has 1 aliphatic heterocycles. The number of aromatic nitrogens is 1. The van der Waals surface area contributed by atoms with E-state index in [2.05, 4.69) is 9.17 Å². The lowest BCUT2D eigenvalue weighted by atomic mass is 9.82. The van der Waals surface area contributed by atoms with E-state index in [0.29, 0.717) is 19.3 Å². The lowest BCUT2D eigenvalue weighted by Gasteiger charge is -2.41. The molecule has 268 valence electrons. The molecule has 0 amide bonds. The Hall–Kier alpha value is -3.98.